The Bertz CT molecular complexity index is 331. The van der Waals surface area contributed by atoms with Gasteiger partial charge in [-0.05, 0) is 0 Å². The molecule has 5 N–H and O–H groups in total. The number of carbonyl (C=O) groups excluding carboxylic acids is 3. The van der Waals surface area contributed by atoms with Gasteiger partial charge < -0.3 is 21.5 Å². The van der Waals surface area contributed by atoms with Gasteiger partial charge in [-0.3, -0.25) is 19.2 Å². The highest BCUT2D eigenvalue weighted by Crippen LogP contribution is 2.04. The quantitative estimate of drug-likeness (QED) is 0.415. The minimum atomic E-state index is -1.23. The van der Waals surface area contributed by atoms with Crippen molar-refractivity contribution in [2.24, 2.45) is 11.5 Å². The van der Waals surface area contributed by atoms with E-state index in [0.717, 1.165) is 16.7 Å². The molecule has 3 amide bonds. The number of aliphatic carboxylic acids is 1. The Labute approximate surface area is 108 Å². The Morgan fingerprint density at radius 2 is 1.67 bits per heavy atom. The molecule has 0 rings (SSSR count). The number of hydrogen-bond acceptors (Lipinski definition) is 5. The minimum absolute atomic E-state index is 0.0124. The van der Waals surface area contributed by atoms with Crippen molar-refractivity contribution in [1.82, 2.24) is 4.90 Å². The average molecular weight is 277 g/mol. The number of thioether (sulfide) groups is 1. The number of carboxylic acid groups (broad SMARTS) is 1. The smallest absolute Gasteiger partial charge is 0.323 e. The summed E-state index contributed by atoms with van der Waals surface area (Å²) in [5.74, 6) is -2.61. The van der Waals surface area contributed by atoms with Gasteiger partial charge in [0.05, 0.1) is 12.3 Å². The van der Waals surface area contributed by atoms with Crippen LogP contribution < -0.4 is 11.5 Å². The molecule has 0 aliphatic rings. The van der Waals surface area contributed by atoms with Gasteiger partial charge in [0.25, 0.3) is 0 Å². The molecule has 0 aliphatic heterocycles. The van der Waals surface area contributed by atoms with E-state index in [1.165, 1.54) is 0 Å². The van der Waals surface area contributed by atoms with Crippen molar-refractivity contribution in [1.29, 1.82) is 0 Å². The van der Waals surface area contributed by atoms with Crippen LogP contribution in [0.1, 0.15) is 6.42 Å². The van der Waals surface area contributed by atoms with Crippen LogP contribution in [0.2, 0.25) is 0 Å². The summed E-state index contributed by atoms with van der Waals surface area (Å²) in [6, 6.07) is 0. The molecule has 0 fully saturated rings. The van der Waals surface area contributed by atoms with Gasteiger partial charge in [0, 0.05) is 12.2 Å². The number of nitrogens with zero attached hydrogens (tertiary/aromatic N) is 1. The Kier molecular flexibility index (Phi) is 7.52. The van der Waals surface area contributed by atoms with Crippen LogP contribution in [0.15, 0.2) is 0 Å². The van der Waals surface area contributed by atoms with Crippen LogP contribution in [-0.4, -0.2) is 58.3 Å². The molecule has 9 heteroatoms. The lowest BCUT2D eigenvalue weighted by atomic mass is 10.3. The SMILES string of the molecule is NC(=O)CSCCC(=O)N(CC(N)=O)CC(=O)O. The van der Waals surface area contributed by atoms with E-state index in [4.69, 9.17) is 16.6 Å². The molecule has 0 aromatic heterocycles. The average Bonchev–Trinajstić information content (AvgIpc) is 2.21. The van der Waals surface area contributed by atoms with E-state index < -0.39 is 36.8 Å². The number of carboxylic acids is 1. The Balaban J connectivity index is 4.16. The predicted molar refractivity (Wildman–Crippen MR) is 64.5 cm³/mol. The van der Waals surface area contributed by atoms with Gasteiger partial charge in [-0.25, -0.2) is 0 Å². The summed E-state index contributed by atoms with van der Waals surface area (Å²) in [5.41, 5.74) is 9.82. The van der Waals surface area contributed by atoms with Crippen LogP contribution in [0.25, 0.3) is 0 Å². The lowest BCUT2D eigenvalue weighted by molar-refractivity contribution is -0.145. The molecular formula is C9H15N3O5S. The summed E-state index contributed by atoms with van der Waals surface area (Å²) in [7, 11) is 0. The number of nitrogens with two attached hydrogens (primary N) is 2. The second kappa shape index (κ2) is 8.34. The van der Waals surface area contributed by atoms with Crippen molar-refractivity contribution < 1.29 is 24.3 Å². The van der Waals surface area contributed by atoms with Gasteiger partial charge in [0.15, 0.2) is 0 Å². The third kappa shape index (κ3) is 8.39. The molecule has 8 nitrogen and oxygen atoms in total. The number of rotatable bonds is 9. The van der Waals surface area contributed by atoms with Gasteiger partial charge in [-0.15, -0.1) is 0 Å². The van der Waals surface area contributed by atoms with Gasteiger partial charge in [-0.2, -0.15) is 11.8 Å². The Hall–Kier alpha value is -1.77. The molecule has 0 radical (unpaired) electrons. The second-order valence-electron chi connectivity index (χ2n) is 3.38. The molecule has 0 bridgehead atoms. The minimum Gasteiger partial charge on any atom is -0.480 e. The summed E-state index contributed by atoms with van der Waals surface area (Å²) >= 11 is 1.16. The number of primary amides is 2. The van der Waals surface area contributed by atoms with Gasteiger partial charge in [0.1, 0.15) is 6.54 Å². The normalized spacial score (nSPS) is 9.78. The molecule has 102 valence electrons. The molecule has 0 aromatic rings. The molecule has 0 saturated carbocycles. The maximum Gasteiger partial charge on any atom is 0.323 e. The van der Waals surface area contributed by atoms with E-state index in [1.54, 1.807) is 0 Å². The largest absolute Gasteiger partial charge is 0.480 e. The van der Waals surface area contributed by atoms with Crippen LogP contribution in [0.3, 0.4) is 0 Å². The first kappa shape index (κ1) is 16.2. The zero-order valence-electron chi connectivity index (χ0n) is 9.63. The summed E-state index contributed by atoms with van der Waals surface area (Å²) in [6.45, 7) is -1.02. The first-order valence-corrected chi connectivity index (χ1v) is 6.12. The van der Waals surface area contributed by atoms with Gasteiger partial charge in [-0.1, -0.05) is 0 Å². The third-order valence-electron chi connectivity index (χ3n) is 1.73. The number of hydrogen-bond donors (Lipinski definition) is 3. The monoisotopic (exact) mass is 277 g/mol. The third-order valence-corrected chi connectivity index (χ3v) is 2.71. The summed E-state index contributed by atoms with van der Waals surface area (Å²) < 4.78 is 0. The maximum absolute atomic E-state index is 11.6. The van der Waals surface area contributed by atoms with Crippen LogP contribution >= 0.6 is 11.8 Å². The second-order valence-corrected chi connectivity index (χ2v) is 4.48. The summed E-state index contributed by atoms with van der Waals surface area (Å²) in [6.07, 6.45) is 0.0124. The van der Waals surface area contributed by atoms with Crippen molar-refractivity contribution in [3.8, 4) is 0 Å². The molecule has 0 aromatic carbocycles. The summed E-state index contributed by atoms with van der Waals surface area (Å²) in [5, 5.41) is 8.58. The van der Waals surface area contributed by atoms with Crippen LogP contribution in [0, 0.1) is 0 Å². The first-order valence-electron chi connectivity index (χ1n) is 4.97. The van der Waals surface area contributed by atoms with Crippen LogP contribution in [0.4, 0.5) is 0 Å². The molecule has 0 saturated heterocycles. The fourth-order valence-electron chi connectivity index (χ4n) is 1.07. The van der Waals surface area contributed by atoms with Crippen LogP contribution in [-0.2, 0) is 19.2 Å². The maximum atomic E-state index is 11.6. The number of amides is 3. The fourth-order valence-corrected chi connectivity index (χ4v) is 1.74. The molecule has 0 spiro atoms. The van der Waals surface area contributed by atoms with Crippen LogP contribution in [0.5, 0.6) is 0 Å². The van der Waals surface area contributed by atoms with E-state index >= 15 is 0 Å². The highest BCUT2D eigenvalue weighted by molar-refractivity contribution is 7.99. The topological polar surface area (TPSA) is 144 Å². The van der Waals surface area contributed by atoms with Crippen molar-refractivity contribution in [3.63, 3.8) is 0 Å². The summed E-state index contributed by atoms with van der Waals surface area (Å²) in [4.78, 5) is 44.1. The molecule has 0 atom stereocenters. The predicted octanol–water partition coefficient (Wildman–Crippen LogP) is -2.01. The molecule has 0 aliphatic carbocycles. The van der Waals surface area contributed by atoms with E-state index in [9.17, 15) is 19.2 Å². The molecular weight excluding hydrogens is 262 g/mol. The lowest BCUT2D eigenvalue weighted by Gasteiger charge is -2.18. The number of carbonyl (C=O) groups is 4. The van der Waals surface area contributed by atoms with Crippen molar-refractivity contribution in [3.05, 3.63) is 0 Å². The first-order chi connectivity index (χ1) is 8.32. The lowest BCUT2D eigenvalue weighted by Crippen LogP contribution is -2.41. The van der Waals surface area contributed by atoms with Crippen molar-refractivity contribution in [2.45, 2.75) is 6.42 Å². The van der Waals surface area contributed by atoms with Gasteiger partial charge in [0.2, 0.25) is 17.7 Å². The zero-order chi connectivity index (χ0) is 14.1. The highest BCUT2D eigenvalue weighted by Gasteiger charge is 2.18. The van der Waals surface area contributed by atoms with E-state index in [2.05, 4.69) is 0 Å². The van der Waals surface area contributed by atoms with E-state index in [1.807, 2.05) is 0 Å². The van der Waals surface area contributed by atoms with E-state index in [-0.39, 0.29) is 12.2 Å². The van der Waals surface area contributed by atoms with Crippen molar-refractivity contribution >= 4 is 35.5 Å². The Morgan fingerprint density at radius 1 is 1.06 bits per heavy atom. The van der Waals surface area contributed by atoms with Gasteiger partial charge >= 0.3 is 5.97 Å². The standard InChI is InChI=1S/C9H15N3O5S/c10-6(13)3-12(4-9(16)17)8(15)1-2-18-5-7(11)14/h1-5H2,(H2,10,13)(H2,11,14)(H,16,17). The van der Waals surface area contributed by atoms with E-state index in [0.29, 0.717) is 5.75 Å². The molecule has 0 heterocycles. The Morgan fingerprint density at radius 3 is 2.11 bits per heavy atom. The molecule has 0 unspecified atom stereocenters. The highest BCUT2D eigenvalue weighted by atomic mass is 32.2. The zero-order valence-corrected chi connectivity index (χ0v) is 10.4. The molecule has 18 heavy (non-hydrogen) atoms. The van der Waals surface area contributed by atoms with Crippen molar-refractivity contribution in [2.75, 3.05) is 24.6 Å². The fraction of sp³-hybridized carbons (Fsp3) is 0.556.